The Morgan fingerprint density at radius 1 is 1.23 bits per heavy atom. The van der Waals surface area contributed by atoms with Crippen LogP contribution in [0.15, 0.2) is 43.0 Å². The van der Waals surface area contributed by atoms with Gasteiger partial charge in [0.2, 0.25) is 0 Å². The van der Waals surface area contributed by atoms with Crippen LogP contribution >= 0.6 is 0 Å². The monoisotopic (exact) mass is 356 g/mol. The van der Waals surface area contributed by atoms with Crippen molar-refractivity contribution in [2.24, 2.45) is 5.92 Å². The van der Waals surface area contributed by atoms with Gasteiger partial charge < -0.3 is 14.0 Å². The van der Waals surface area contributed by atoms with Crippen molar-refractivity contribution in [2.45, 2.75) is 71.3 Å². The molecular weight excluding hydrogens is 324 g/mol. The van der Waals surface area contributed by atoms with Crippen molar-refractivity contribution in [3.8, 4) is 0 Å². The van der Waals surface area contributed by atoms with E-state index in [1.807, 2.05) is 17.1 Å². The Morgan fingerprint density at radius 2 is 1.96 bits per heavy atom. The lowest BCUT2D eigenvalue weighted by Crippen LogP contribution is -2.37. The predicted octanol–water partition coefficient (Wildman–Crippen LogP) is 4.58. The molecule has 0 aliphatic carbocycles. The molecule has 142 valence electrons. The second kappa shape index (κ2) is 7.53. The molecule has 4 heteroatoms. The zero-order chi connectivity index (χ0) is 18.8. The maximum absolute atomic E-state index is 6.41. The van der Waals surface area contributed by atoms with Gasteiger partial charge in [0.1, 0.15) is 0 Å². The van der Waals surface area contributed by atoms with Crippen LogP contribution in [-0.2, 0) is 27.9 Å². The third-order valence-corrected chi connectivity index (χ3v) is 5.22. The Kier molecular flexibility index (Phi) is 5.54. The molecule has 4 nitrogen and oxygen atoms in total. The van der Waals surface area contributed by atoms with E-state index in [9.17, 15) is 0 Å². The van der Waals surface area contributed by atoms with E-state index in [1.54, 1.807) is 6.20 Å². The van der Waals surface area contributed by atoms with Crippen LogP contribution in [0.1, 0.15) is 52.2 Å². The van der Waals surface area contributed by atoms with Crippen molar-refractivity contribution in [3.05, 3.63) is 54.1 Å². The molecule has 0 amide bonds. The van der Waals surface area contributed by atoms with Gasteiger partial charge in [0, 0.05) is 18.8 Å². The minimum absolute atomic E-state index is 0.154. The second-order valence-electron chi connectivity index (χ2n) is 8.80. The van der Waals surface area contributed by atoms with Crippen LogP contribution in [0.4, 0.5) is 0 Å². The van der Waals surface area contributed by atoms with Crippen LogP contribution in [0, 0.1) is 5.92 Å². The van der Waals surface area contributed by atoms with E-state index >= 15 is 0 Å². The number of nitrogens with zero attached hydrogens (tertiary/aromatic N) is 2. The number of ether oxygens (including phenoxy) is 2. The Morgan fingerprint density at radius 3 is 2.50 bits per heavy atom. The lowest BCUT2D eigenvalue weighted by molar-refractivity contribution is -0.185. The molecular formula is C22H32N2O2. The van der Waals surface area contributed by atoms with Gasteiger partial charge in [0.25, 0.3) is 0 Å². The van der Waals surface area contributed by atoms with Crippen molar-refractivity contribution in [2.75, 3.05) is 6.61 Å². The smallest absolute Gasteiger partial charge is 0.187 e. The van der Waals surface area contributed by atoms with E-state index in [2.05, 4.69) is 63.9 Å². The average Bonchev–Trinajstić information content (AvgIpc) is 3.23. The van der Waals surface area contributed by atoms with Crippen molar-refractivity contribution < 1.29 is 9.47 Å². The summed E-state index contributed by atoms with van der Waals surface area (Å²) in [5.41, 5.74) is 2.87. The van der Waals surface area contributed by atoms with E-state index in [1.165, 1.54) is 11.1 Å². The van der Waals surface area contributed by atoms with E-state index in [4.69, 9.17) is 9.47 Å². The zero-order valence-electron chi connectivity index (χ0n) is 16.7. The van der Waals surface area contributed by atoms with Gasteiger partial charge in [-0.3, -0.25) is 0 Å². The summed E-state index contributed by atoms with van der Waals surface area (Å²) < 4.78 is 14.7. The second-order valence-corrected chi connectivity index (χ2v) is 8.80. The van der Waals surface area contributed by atoms with Crippen LogP contribution in [0.25, 0.3) is 0 Å². The van der Waals surface area contributed by atoms with Crippen molar-refractivity contribution in [1.82, 2.24) is 9.55 Å². The molecule has 2 atom stereocenters. The normalized spacial score (nSPS) is 23.7. The van der Waals surface area contributed by atoms with Crippen molar-refractivity contribution in [3.63, 3.8) is 0 Å². The highest BCUT2D eigenvalue weighted by Gasteiger charge is 2.42. The highest BCUT2D eigenvalue weighted by Crippen LogP contribution is 2.33. The number of hydrogen-bond acceptors (Lipinski definition) is 3. The summed E-state index contributed by atoms with van der Waals surface area (Å²) in [7, 11) is 0. The first kappa shape index (κ1) is 19.1. The highest BCUT2D eigenvalue weighted by atomic mass is 16.7. The fourth-order valence-electron chi connectivity index (χ4n) is 3.36. The average molecular weight is 357 g/mol. The van der Waals surface area contributed by atoms with E-state index in [0.29, 0.717) is 19.1 Å². The molecule has 0 N–H and O–H groups in total. The van der Waals surface area contributed by atoms with Crippen LogP contribution in [0.2, 0.25) is 0 Å². The van der Waals surface area contributed by atoms with Crippen LogP contribution < -0.4 is 0 Å². The first-order valence-electron chi connectivity index (χ1n) is 9.64. The molecule has 1 aromatic carbocycles. The molecule has 1 aliphatic rings. The third-order valence-electron chi connectivity index (χ3n) is 5.22. The van der Waals surface area contributed by atoms with Crippen molar-refractivity contribution in [1.29, 1.82) is 0 Å². The number of benzene rings is 1. The van der Waals surface area contributed by atoms with Crippen LogP contribution in [0.3, 0.4) is 0 Å². The van der Waals surface area contributed by atoms with Crippen LogP contribution in [0.5, 0.6) is 0 Å². The maximum Gasteiger partial charge on any atom is 0.187 e. The molecule has 0 radical (unpaired) electrons. The van der Waals surface area contributed by atoms with Gasteiger partial charge in [0.15, 0.2) is 5.79 Å². The minimum atomic E-state index is -0.571. The molecule has 1 aliphatic heterocycles. The molecule has 3 rings (SSSR count). The Labute approximate surface area is 157 Å². The first-order chi connectivity index (χ1) is 12.3. The van der Waals surface area contributed by atoms with E-state index < -0.39 is 5.79 Å². The largest absolute Gasteiger partial charge is 0.345 e. The maximum atomic E-state index is 6.41. The summed E-state index contributed by atoms with van der Waals surface area (Å²) in [5.74, 6) is -0.121. The zero-order valence-corrected chi connectivity index (χ0v) is 16.7. The molecule has 0 spiro atoms. The van der Waals surface area contributed by atoms with Gasteiger partial charge in [-0.1, -0.05) is 58.9 Å². The lowest BCUT2D eigenvalue weighted by Gasteiger charge is -2.29. The topological polar surface area (TPSA) is 36.3 Å². The predicted molar refractivity (Wildman–Crippen MR) is 104 cm³/mol. The minimum Gasteiger partial charge on any atom is -0.345 e. The Hall–Kier alpha value is -1.65. The molecule has 2 heterocycles. The number of hydrogen-bond donors (Lipinski definition) is 0. The summed E-state index contributed by atoms with van der Waals surface area (Å²) in [6.45, 7) is 12.4. The standard InChI is InChI=1S/C22H32N2O2/c1-17(2)20-14-25-22(26-20,15-24-13-12-23-16-24)11-10-18-6-8-19(9-7-18)21(3,4)5/h6-9,12-13,16-17,20H,10-11,14-15H2,1-5H3. The summed E-state index contributed by atoms with van der Waals surface area (Å²) in [6.07, 6.45) is 7.52. The molecule has 0 bridgehead atoms. The molecule has 0 saturated carbocycles. The molecule has 1 fully saturated rings. The van der Waals surface area contributed by atoms with Crippen molar-refractivity contribution >= 4 is 0 Å². The lowest BCUT2D eigenvalue weighted by atomic mass is 9.86. The molecule has 1 saturated heterocycles. The highest BCUT2D eigenvalue weighted by molar-refractivity contribution is 5.27. The van der Waals surface area contributed by atoms with Crippen LogP contribution in [-0.4, -0.2) is 28.0 Å². The fraction of sp³-hybridized carbons (Fsp3) is 0.591. The Balaban J connectivity index is 1.70. The summed E-state index contributed by atoms with van der Waals surface area (Å²) in [4.78, 5) is 4.15. The summed E-state index contributed by atoms with van der Waals surface area (Å²) >= 11 is 0. The number of imidazole rings is 1. The van der Waals surface area contributed by atoms with E-state index in [0.717, 1.165) is 12.8 Å². The van der Waals surface area contributed by atoms with Gasteiger partial charge in [-0.2, -0.15) is 0 Å². The first-order valence-corrected chi connectivity index (χ1v) is 9.64. The molecule has 2 aromatic rings. The number of aromatic nitrogens is 2. The third kappa shape index (κ3) is 4.54. The summed E-state index contributed by atoms with van der Waals surface area (Å²) in [6, 6.07) is 8.96. The number of aryl methyl sites for hydroxylation is 1. The van der Waals surface area contributed by atoms with Gasteiger partial charge in [-0.25, -0.2) is 4.98 Å². The van der Waals surface area contributed by atoms with Gasteiger partial charge in [0.05, 0.1) is 25.6 Å². The van der Waals surface area contributed by atoms with Gasteiger partial charge >= 0.3 is 0 Å². The SMILES string of the molecule is CC(C)C1COC(CCc2ccc(C(C)(C)C)cc2)(Cn2ccnc2)O1. The quantitative estimate of drug-likeness (QED) is 0.760. The number of rotatable bonds is 6. The molecule has 2 unspecified atom stereocenters. The summed E-state index contributed by atoms with van der Waals surface area (Å²) in [5, 5.41) is 0. The Bertz CT molecular complexity index is 686. The van der Waals surface area contributed by atoms with Gasteiger partial charge in [-0.15, -0.1) is 0 Å². The van der Waals surface area contributed by atoms with E-state index in [-0.39, 0.29) is 11.5 Å². The fourth-order valence-corrected chi connectivity index (χ4v) is 3.36. The molecule has 26 heavy (non-hydrogen) atoms. The van der Waals surface area contributed by atoms with Gasteiger partial charge in [-0.05, 0) is 28.9 Å². The molecule has 1 aromatic heterocycles.